The van der Waals surface area contributed by atoms with Crippen molar-refractivity contribution in [1.82, 2.24) is 10.3 Å². The van der Waals surface area contributed by atoms with E-state index in [0.717, 1.165) is 34.2 Å². The standard InChI is InChI=1S/C24H19ClF2N2O/c25-19-5-8-23-21(13-19)17(14-29-23)9-10-28-24(30)16-3-1-15(2-4-16)11-18-12-20(26)6-7-22(18)27/h1-8,12-14,29H,9-11H2,(H,28,30). The molecule has 30 heavy (non-hydrogen) atoms. The minimum atomic E-state index is -0.472. The summed E-state index contributed by atoms with van der Waals surface area (Å²) in [6.07, 6.45) is 2.85. The summed E-state index contributed by atoms with van der Waals surface area (Å²) in [4.78, 5) is 15.6. The first-order chi connectivity index (χ1) is 14.5. The summed E-state index contributed by atoms with van der Waals surface area (Å²) in [5.41, 5.74) is 3.68. The number of aromatic amines is 1. The third-order valence-corrected chi connectivity index (χ3v) is 5.26. The van der Waals surface area contributed by atoms with E-state index >= 15 is 0 Å². The molecule has 0 radical (unpaired) electrons. The Hall–Kier alpha value is -3.18. The van der Waals surface area contributed by atoms with Crippen LogP contribution in [0.2, 0.25) is 5.02 Å². The molecule has 1 heterocycles. The Labute approximate surface area is 177 Å². The number of rotatable bonds is 6. The summed E-state index contributed by atoms with van der Waals surface area (Å²) >= 11 is 6.07. The molecule has 0 unspecified atom stereocenters. The first-order valence-corrected chi connectivity index (χ1v) is 9.94. The van der Waals surface area contributed by atoms with Crippen LogP contribution in [0.3, 0.4) is 0 Å². The molecule has 0 aliphatic rings. The molecule has 1 aromatic heterocycles. The number of carbonyl (C=O) groups is 1. The van der Waals surface area contributed by atoms with Crippen molar-refractivity contribution in [2.24, 2.45) is 0 Å². The molecule has 0 aliphatic heterocycles. The van der Waals surface area contributed by atoms with Crippen LogP contribution in [0.5, 0.6) is 0 Å². The van der Waals surface area contributed by atoms with Crippen LogP contribution in [-0.2, 0) is 12.8 Å². The number of benzene rings is 3. The fourth-order valence-electron chi connectivity index (χ4n) is 3.44. The molecule has 0 fully saturated rings. The maximum atomic E-state index is 13.8. The van der Waals surface area contributed by atoms with E-state index in [1.54, 1.807) is 24.3 Å². The van der Waals surface area contributed by atoms with Crippen LogP contribution < -0.4 is 5.32 Å². The summed E-state index contributed by atoms with van der Waals surface area (Å²) in [6, 6.07) is 15.9. The van der Waals surface area contributed by atoms with Crippen molar-refractivity contribution in [3.63, 3.8) is 0 Å². The van der Waals surface area contributed by atoms with Gasteiger partial charge in [0.15, 0.2) is 0 Å². The van der Waals surface area contributed by atoms with Gasteiger partial charge < -0.3 is 10.3 Å². The number of hydrogen-bond acceptors (Lipinski definition) is 1. The predicted octanol–water partition coefficient (Wildman–Crippen LogP) is 5.66. The fraction of sp³-hybridized carbons (Fsp3) is 0.125. The van der Waals surface area contributed by atoms with Gasteiger partial charge in [-0.05, 0) is 71.6 Å². The van der Waals surface area contributed by atoms with E-state index < -0.39 is 11.6 Å². The smallest absolute Gasteiger partial charge is 0.251 e. The average molecular weight is 425 g/mol. The molecule has 0 saturated carbocycles. The molecule has 4 aromatic rings. The van der Waals surface area contributed by atoms with E-state index in [9.17, 15) is 13.6 Å². The van der Waals surface area contributed by atoms with Crippen LogP contribution in [0.25, 0.3) is 10.9 Å². The third kappa shape index (κ3) is 4.52. The van der Waals surface area contributed by atoms with Crippen molar-refractivity contribution in [3.05, 3.63) is 106 Å². The number of H-pyrrole nitrogens is 1. The number of amides is 1. The number of carbonyl (C=O) groups excluding carboxylic acids is 1. The molecule has 152 valence electrons. The summed E-state index contributed by atoms with van der Waals surface area (Å²) < 4.78 is 27.1. The summed E-state index contributed by atoms with van der Waals surface area (Å²) in [6.45, 7) is 0.481. The molecular formula is C24H19ClF2N2O. The molecular weight excluding hydrogens is 406 g/mol. The quantitative estimate of drug-likeness (QED) is 0.412. The van der Waals surface area contributed by atoms with Gasteiger partial charge in [0.1, 0.15) is 11.6 Å². The molecule has 4 rings (SSSR count). The maximum Gasteiger partial charge on any atom is 0.251 e. The Balaban J connectivity index is 1.35. The van der Waals surface area contributed by atoms with Crippen LogP contribution in [0, 0.1) is 11.6 Å². The van der Waals surface area contributed by atoms with Crippen molar-refractivity contribution in [3.8, 4) is 0 Å². The first kappa shape index (κ1) is 20.1. The molecule has 0 spiro atoms. The van der Waals surface area contributed by atoms with Crippen LogP contribution in [0.4, 0.5) is 8.78 Å². The number of aromatic nitrogens is 1. The Bertz CT molecular complexity index is 1200. The zero-order valence-corrected chi connectivity index (χ0v) is 16.8. The minimum absolute atomic E-state index is 0.184. The van der Waals surface area contributed by atoms with Gasteiger partial charge in [0.05, 0.1) is 0 Å². The molecule has 3 nitrogen and oxygen atoms in total. The Kier molecular flexibility index (Phi) is 5.81. The largest absolute Gasteiger partial charge is 0.361 e. The Morgan fingerprint density at radius 3 is 2.57 bits per heavy atom. The minimum Gasteiger partial charge on any atom is -0.361 e. The van der Waals surface area contributed by atoms with E-state index in [1.807, 2.05) is 24.4 Å². The zero-order chi connectivity index (χ0) is 21.1. The number of halogens is 3. The SMILES string of the molecule is O=C(NCCc1c[nH]c2ccc(Cl)cc12)c1ccc(Cc2cc(F)ccc2F)cc1. The van der Waals surface area contributed by atoms with Gasteiger partial charge in [-0.2, -0.15) is 0 Å². The predicted molar refractivity (Wildman–Crippen MR) is 115 cm³/mol. The summed E-state index contributed by atoms with van der Waals surface area (Å²) in [5.74, 6) is -1.10. The van der Waals surface area contributed by atoms with Gasteiger partial charge in [-0.25, -0.2) is 8.78 Å². The zero-order valence-electron chi connectivity index (χ0n) is 16.0. The lowest BCUT2D eigenvalue weighted by Crippen LogP contribution is -2.25. The van der Waals surface area contributed by atoms with Gasteiger partial charge in [0, 0.05) is 40.7 Å². The number of nitrogens with one attached hydrogen (secondary N) is 2. The van der Waals surface area contributed by atoms with Crippen LogP contribution in [0.15, 0.2) is 66.9 Å². The molecule has 2 N–H and O–H groups in total. The monoisotopic (exact) mass is 424 g/mol. The Morgan fingerprint density at radius 2 is 1.77 bits per heavy atom. The first-order valence-electron chi connectivity index (χ1n) is 9.56. The highest BCUT2D eigenvalue weighted by molar-refractivity contribution is 6.31. The van der Waals surface area contributed by atoms with Gasteiger partial charge in [0.25, 0.3) is 5.91 Å². The fourth-order valence-corrected chi connectivity index (χ4v) is 3.61. The van der Waals surface area contributed by atoms with E-state index in [4.69, 9.17) is 11.6 Å². The third-order valence-electron chi connectivity index (χ3n) is 5.03. The highest BCUT2D eigenvalue weighted by Gasteiger charge is 2.09. The van der Waals surface area contributed by atoms with E-state index in [0.29, 0.717) is 23.6 Å². The average Bonchev–Trinajstić information content (AvgIpc) is 3.13. The van der Waals surface area contributed by atoms with Gasteiger partial charge in [-0.15, -0.1) is 0 Å². The summed E-state index contributed by atoms with van der Waals surface area (Å²) in [5, 5.41) is 4.63. The maximum absolute atomic E-state index is 13.8. The number of hydrogen-bond donors (Lipinski definition) is 2. The van der Waals surface area contributed by atoms with Crippen LogP contribution in [0.1, 0.15) is 27.0 Å². The van der Waals surface area contributed by atoms with Crippen molar-refractivity contribution in [1.29, 1.82) is 0 Å². The molecule has 0 bridgehead atoms. The van der Waals surface area contributed by atoms with E-state index in [-0.39, 0.29) is 17.9 Å². The van der Waals surface area contributed by atoms with Gasteiger partial charge in [0.2, 0.25) is 0 Å². The molecule has 3 aromatic carbocycles. The van der Waals surface area contributed by atoms with Gasteiger partial charge >= 0.3 is 0 Å². The van der Waals surface area contributed by atoms with Crippen molar-refractivity contribution < 1.29 is 13.6 Å². The number of fused-ring (bicyclic) bond motifs is 1. The molecule has 0 aliphatic carbocycles. The van der Waals surface area contributed by atoms with Gasteiger partial charge in [-0.3, -0.25) is 4.79 Å². The summed E-state index contributed by atoms with van der Waals surface area (Å²) in [7, 11) is 0. The van der Waals surface area contributed by atoms with Crippen molar-refractivity contribution in [2.75, 3.05) is 6.54 Å². The van der Waals surface area contributed by atoms with E-state index in [1.165, 1.54) is 6.07 Å². The second-order valence-electron chi connectivity index (χ2n) is 7.12. The lowest BCUT2D eigenvalue weighted by atomic mass is 10.0. The topological polar surface area (TPSA) is 44.9 Å². The van der Waals surface area contributed by atoms with Crippen molar-refractivity contribution in [2.45, 2.75) is 12.8 Å². The lowest BCUT2D eigenvalue weighted by molar-refractivity contribution is 0.0954. The molecule has 0 saturated heterocycles. The molecule has 0 atom stereocenters. The van der Waals surface area contributed by atoms with Crippen molar-refractivity contribution >= 4 is 28.4 Å². The Morgan fingerprint density at radius 1 is 0.967 bits per heavy atom. The highest BCUT2D eigenvalue weighted by Crippen LogP contribution is 2.22. The van der Waals surface area contributed by atoms with Gasteiger partial charge in [-0.1, -0.05) is 23.7 Å². The van der Waals surface area contributed by atoms with Crippen LogP contribution >= 0.6 is 11.6 Å². The lowest BCUT2D eigenvalue weighted by Gasteiger charge is -2.07. The second-order valence-corrected chi connectivity index (χ2v) is 7.56. The van der Waals surface area contributed by atoms with E-state index in [2.05, 4.69) is 10.3 Å². The normalized spacial score (nSPS) is 11.0. The highest BCUT2D eigenvalue weighted by atomic mass is 35.5. The molecule has 6 heteroatoms. The van der Waals surface area contributed by atoms with Crippen LogP contribution in [-0.4, -0.2) is 17.4 Å². The molecule has 1 amide bonds. The second kappa shape index (κ2) is 8.67.